The maximum atomic E-state index is 11.5. The van der Waals surface area contributed by atoms with Crippen molar-refractivity contribution in [3.63, 3.8) is 0 Å². The van der Waals surface area contributed by atoms with Crippen LogP contribution in [0.5, 0.6) is 0 Å². The molecule has 1 fully saturated rings. The van der Waals surface area contributed by atoms with Crippen LogP contribution in [0.4, 0.5) is 0 Å². The van der Waals surface area contributed by atoms with E-state index >= 15 is 0 Å². The molecule has 1 atom stereocenters. The van der Waals surface area contributed by atoms with Gasteiger partial charge in [-0.3, -0.25) is 9.63 Å². The Morgan fingerprint density at radius 1 is 1.62 bits per heavy atom. The minimum atomic E-state index is -0.0586. The molecule has 1 aliphatic rings. The van der Waals surface area contributed by atoms with Crippen LogP contribution in [0.3, 0.4) is 0 Å². The second-order valence-electron chi connectivity index (χ2n) is 3.79. The average molecular weight is 186 g/mol. The van der Waals surface area contributed by atoms with E-state index in [0.717, 1.165) is 6.42 Å². The fourth-order valence-electron chi connectivity index (χ4n) is 1.18. The Hall–Kier alpha value is -0.610. The Morgan fingerprint density at radius 2 is 2.31 bits per heavy atom. The van der Waals surface area contributed by atoms with Crippen molar-refractivity contribution in [1.29, 1.82) is 0 Å². The van der Waals surface area contributed by atoms with Crippen molar-refractivity contribution in [2.24, 2.45) is 11.7 Å². The van der Waals surface area contributed by atoms with E-state index in [1.54, 1.807) is 0 Å². The molecule has 1 rings (SSSR count). The van der Waals surface area contributed by atoms with Crippen LogP contribution in [0.2, 0.25) is 0 Å². The topological polar surface area (TPSA) is 55.6 Å². The van der Waals surface area contributed by atoms with E-state index in [1.165, 1.54) is 5.06 Å². The van der Waals surface area contributed by atoms with Crippen LogP contribution in [0.25, 0.3) is 0 Å². The molecule has 4 nitrogen and oxygen atoms in total. The highest BCUT2D eigenvalue weighted by atomic mass is 16.7. The molecular weight excluding hydrogens is 168 g/mol. The highest BCUT2D eigenvalue weighted by molar-refractivity contribution is 5.75. The third kappa shape index (κ3) is 2.97. The van der Waals surface area contributed by atoms with Crippen molar-refractivity contribution in [3.8, 4) is 0 Å². The third-order valence-electron chi connectivity index (χ3n) is 2.30. The van der Waals surface area contributed by atoms with Gasteiger partial charge in [0.15, 0.2) is 0 Å². The van der Waals surface area contributed by atoms with E-state index in [1.807, 2.05) is 13.8 Å². The van der Waals surface area contributed by atoms with E-state index in [-0.39, 0.29) is 11.9 Å². The van der Waals surface area contributed by atoms with Crippen LogP contribution in [0.1, 0.15) is 26.7 Å². The lowest BCUT2D eigenvalue weighted by atomic mass is 10.0. The van der Waals surface area contributed by atoms with E-state index in [2.05, 4.69) is 0 Å². The van der Waals surface area contributed by atoms with Crippen molar-refractivity contribution in [2.45, 2.75) is 32.7 Å². The van der Waals surface area contributed by atoms with Crippen molar-refractivity contribution in [3.05, 3.63) is 0 Å². The zero-order chi connectivity index (χ0) is 9.84. The SMILES string of the molecule is CC(C)C(N)CC(=O)N1CCCO1. The lowest BCUT2D eigenvalue weighted by molar-refractivity contribution is -0.169. The van der Waals surface area contributed by atoms with Crippen LogP contribution in [-0.4, -0.2) is 30.2 Å². The number of hydrogen-bond donors (Lipinski definition) is 1. The number of nitrogens with zero attached hydrogens (tertiary/aromatic N) is 1. The zero-order valence-electron chi connectivity index (χ0n) is 8.32. The summed E-state index contributed by atoms with van der Waals surface area (Å²) in [4.78, 5) is 16.6. The summed E-state index contributed by atoms with van der Waals surface area (Å²) >= 11 is 0. The van der Waals surface area contributed by atoms with Gasteiger partial charge in [-0.2, -0.15) is 0 Å². The molecule has 4 heteroatoms. The largest absolute Gasteiger partial charge is 0.327 e. The number of amides is 1. The minimum Gasteiger partial charge on any atom is -0.327 e. The molecule has 1 unspecified atom stereocenters. The highest BCUT2D eigenvalue weighted by Crippen LogP contribution is 2.10. The van der Waals surface area contributed by atoms with Gasteiger partial charge in [0.25, 0.3) is 0 Å². The summed E-state index contributed by atoms with van der Waals surface area (Å²) in [7, 11) is 0. The van der Waals surface area contributed by atoms with Crippen molar-refractivity contribution >= 4 is 5.91 Å². The molecule has 0 bridgehead atoms. The van der Waals surface area contributed by atoms with E-state index < -0.39 is 0 Å². The zero-order valence-corrected chi connectivity index (χ0v) is 8.32. The quantitative estimate of drug-likeness (QED) is 0.699. The molecule has 0 saturated carbocycles. The van der Waals surface area contributed by atoms with Gasteiger partial charge in [-0.05, 0) is 12.3 Å². The second-order valence-corrected chi connectivity index (χ2v) is 3.79. The maximum absolute atomic E-state index is 11.5. The first-order valence-corrected chi connectivity index (χ1v) is 4.80. The van der Waals surface area contributed by atoms with E-state index in [0.29, 0.717) is 25.5 Å². The van der Waals surface area contributed by atoms with Crippen LogP contribution in [0, 0.1) is 5.92 Å². The van der Waals surface area contributed by atoms with Gasteiger partial charge in [-0.1, -0.05) is 13.8 Å². The molecule has 0 aromatic rings. The summed E-state index contributed by atoms with van der Waals surface area (Å²) in [6.07, 6.45) is 1.32. The molecular formula is C9H18N2O2. The predicted molar refractivity (Wildman–Crippen MR) is 49.7 cm³/mol. The molecule has 13 heavy (non-hydrogen) atoms. The number of carbonyl (C=O) groups excluding carboxylic acids is 1. The second kappa shape index (κ2) is 4.58. The Bertz CT molecular complexity index is 176. The summed E-state index contributed by atoms with van der Waals surface area (Å²) in [6, 6.07) is -0.0586. The molecule has 0 aromatic carbocycles. The van der Waals surface area contributed by atoms with Crippen molar-refractivity contribution in [1.82, 2.24) is 5.06 Å². The molecule has 0 aliphatic carbocycles. The summed E-state index contributed by atoms with van der Waals surface area (Å²) in [6.45, 7) is 5.40. The fraction of sp³-hybridized carbons (Fsp3) is 0.889. The van der Waals surface area contributed by atoms with Crippen LogP contribution in [0.15, 0.2) is 0 Å². The Morgan fingerprint density at radius 3 is 2.77 bits per heavy atom. The standard InChI is InChI=1S/C9H18N2O2/c1-7(2)8(10)6-9(12)11-4-3-5-13-11/h7-8H,3-6,10H2,1-2H3. The van der Waals surface area contributed by atoms with Gasteiger partial charge in [0.2, 0.25) is 5.91 Å². The third-order valence-corrected chi connectivity index (χ3v) is 2.30. The Balaban J connectivity index is 2.31. The molecule has 1 heterocycles. The maximum Gasteiger partial charge on any atom is 0.247 e. The molecule has 1 saturated heterocycles. The molecule has 0 spiro atoms. The van der Waals surface area contributed by atoms with Crippen molar-refractivity contribution in [2.75, 3.05) is 13.2 Å². The van der Waals surface area contributed by atoms with Crippen LogP contribution >= 0.6 is 0 Å². The molecule has 0 aromatic heterocycles. The van der Waals surface area contributed by atoms with Gasteiger partial charge >= 0.3 is 0 Å². The van der Waals surface area contributed by atoms with Gasteiger partial charge in [0.1, 0.15) is 0 Å². The van der Waals surface area contributed by atoms with Gasteiger partial charge in [-0.25, -0.2) is 5.06 Å². The van der Waals surface area contributed by atoms with Crippen LogP contribution < -0.4 is 5.73 Å². The average Bonchev–Trinajstić information content (AvgIpc) is 2.55. The smallest absolute Gasteiger partial charge is 0.247 e. The lowest BCUT2D eigenvalue weighted by Gasteiger charge is -2.19. The van der Waals surface area contributed by atoms with Crippen LogP contribution in [-0.2, 0) is 9.63 Å². The normalized spacial score (nSPS) is 19.5. The van der Waals surface area contributed by atoms with Gasteiger partial charge in [-0.15, -0.1) is 0 Å². The van der Waals surface area contributed by atoms with Gasteiger partial charge in [0.05, 0.1) is 13.2 Å². The fourth-order valence-corrected chi connectivity index (χ4v) is 1.18. The number of rotatable bonds is 3. The summed E-state index contributed by atoms with van der Waals surface area (Å²) in [5, 5.41) is 1.43. The van der Waals surface area contributed by atoms with E-state index in [4.69, 9.17) is 10.6 Å². The summed E-state index contributed by atoms with van der Waals surface area (Å²) in [5.41, 5.74) is 5.78. The molecule has 1 amide bonds. The first-order chi connectivity index (χ1) is 6.11. The first-order valence-electron chi connectivity index (χ1n) is 4.80. The van der Waals surface area contributed by atoms with E-state index in [9.17, 15) is 4.79 Å². The highest BCUT2D eigenvalue weighted by Gasteiger charge is 2.22. The number of hydrogen-bond acceptors (Lipinski definition) is 3. The monoisotopic (exact) mass is 186 g/mol. The van der Waals surface area contributed by atoms with Gasteiger partial charge < -0.3 is 5.73 Å². The first kappa shape index (κ1) is 10.5. The molecule has 0 radical (unpaired) electrons. The predicted octanol–water partition coefficient (Wildman–Crippen LogP) is 0.524. The van der Waals surface area contributed by atoms with Crippen molar-refractivity contribution < 1.29 is 9.63 Å². The molecule has 1 aliphatic heterocycles. The number of hydroxylamine groups is 2. The molecule has 2 N–H and O–H groups in total. The Labute approximate surface area is 79.0 Å². The van der Waals surface area contributed by atoms with Gasteiger partial charge in [0, 0.05) is 12.5 Å². The number of nitrogens with two attached hydrogens (primary N) is 1. The summed E-state index contributed by atoms with van der Waals surface area (Å²) in [5.74, 6) is 0.352. The summed E-state index contributed by atoms with van der Waals surface area (Å²) < 4.78 is 0. The minimum absolute atomic E-state index is 0.0127. The lowest BCUT2D eigenvalue weighted by Crippen LogP contribution is -2.35. The molecule has 76 valence electrons. The number of carbonyl (C=O) groups is 1. The Kier molecular flexibility index (Phi) is 3.69.